The minimum Gasteiger partial charge on any atom is -0.356 e. The number of unbranched alkanes of at least 4 members (excludes halogenated alkanes) is 1. The third-order valence-corrected chi connectivity index (χ3v) is 6.81. The quantitative estimate of drug-likeness (QED) is 0.365. The number of hydrogen-bond donors (Lipinski definition) is 2. The lowest BCUT2D eigenvalue weighted by molar-refractivity contribution is 0.140. The zero-order valence-electron chi connectivity index (χ0n) is 18.2. The first kappa shape index (κ1) is 22.6. The Morgan fingerprint density at radius 3 is 2.73 bits per heavy atom. The summed E-state index contributed by atoms with van der Waals surface area (Å²) in [5.41, 5.74) is 0.0645. The number of aliphatic imine (C=N–C) groups is 1. The van der Waals surface area contributed by atoms with Crippen molar-refractivity contribution in [2.75, 3.05) is 33.2 Å². The summed E-state index contributed by atoms with van der Waals surface area (Å²) in [6.45, 7) is 7.13. The van der Waals surface area contributed by atoms with Crippen LogP contribution in [0, 0.1) is 5.92 Å². The first-order chi connectivity index (χ1) is 14.7. The fraction of sp³-hybridized carbons (Fsp3) is 0.565. The van der Waals surface area contributed by atoms with E-state index in [0.717, 1.165) is 57.4 Å². The third kappa shape index (κ3) is 6.71. The second-order valence-electron chi connectivity index (χ2n) is 8.07. The van der Waals surface area contributed by atoms with E-state index in [4.69, 9.17) is 0 Å². The fourth-order valence-electron chi connectivity index (χ4n) is 3.90. The number of piperidine rings is 1. The van der Waals surface area contributed by atoms with Crippen molar-refractivity contribution in [3.05, 3.63) is 57.1 Å². The van der Waals surface area contributed by atoms with Crippen LogP contribution in [0.25, 0.3) is 0 Å². The Morgan fingerprint density at radius 1 is 1.20 bits per heavy atom. The summed E-state index contributed by atoms with van der Waals surface area (Å²) in [6, 6.07) is 10.1. The molecule has 7 heteroatoms. The van der Waals surface area contributed by atoms with E-state index in [-0.39, 0.29) is 5.56 Å². The molecular weight excluding hydrogens is 394 g/mol. The molecular formula is C23H35N5OS. The molecule has 0 aliphatic carbocycles. The first-order valence-electron chi connectivity index (χ1n) is 11.0. The van der Waals surface area contributed by atoms with Crippen LogP contribution < -0.4 is 16.2 Å². The van der Waals surface area contributed by atoms with Gasteiger partial charge in [0.1, 0.15) is 0 Å². The average Bonchev–Trinajstić information content (AvgIpc) is 3.29. The van der Waals surface area contributed by atoms with Crippen LogP contribution in [-0.2, 0) is 6.54 Å². The van der Waals surface area contributed by atoms with Crippen molar-refractivity contribution >= 4 is 17.3 Å². The topological polar surface area (TPSA) is 61.7 Å². The van der Waals surface area contributed by atoms with Gasteiger partial charge in [-0.2, -0.15) is 0 Å². The van der Waals surface area contributed by atoms with Crippen molar-refractivity contribution in [1.29, 1.82) is 0 Å². The van der Waals surface area contributed by atoms with Crippen LogP contribution in [0.3, 0.4) is 0 Å². The number of rotatable bonds is 9. The van der Waals surface area contributed by atoms with Crippen LogP contribution in [0.1, 0.15) is 43.5 Å². The van der Waals surface area contributed by atoms with Crippen LogP contribution in [-0.4, -0.2) is 48.7 Å². The zero-order valence-corrected chi connectivity index (χ0v) is 19.0. The molecule has 30 heavy (non-hydrogen) atoms. The van der Waals surface area contributed by atoms with Crippen LogP contribution in [0.2, 0.25) is 0 Å². The molecule has 0 saturated carbocycles. The van der Waals surface area contributed by atoms with Gasteiger partial charge in [-0.3, -0.25) is 14.7 Å². The van der Waals surface area contributed by atoms with Crippen LogP contribution >= 0.6 is 11.3 Å². The molecule has 0 bridgehead atoms. The molecule has 3 heterocycles. The number of thiophene rings is 1. The van der Waals surface area contributed by atoms with E-state index < -0.39 is 0 Å². The summed E-state index contributed by atoms with van der Waals surface area (Å²) in [6.07, 6.45) is 6.35. The molecule has 0 aromatic carbocycles. The average molecular weight is 430 g/mol. The standard InChI is InChI=1S/C23H35N5OS/c1-19-10-15-27(16-11-19)20(21-8-7-17-30-21)18-26-23(24-2)25-12-4-6-14-28-13-5-3-9-22(28)29/h3,5,7-9,13,17,19-20H,4,6,10-12,14-16,18H2,1-2H3,(H2,24,25,26). The maximum atomic E-state index is 11.7. The van der Waals surface area contributed by atoms with E-state index in [1.54, 1.807) is 16.7 Å². The van der Waals surface area contributed by atoms with E-state index in [1.807, 2.05) is 30.6 Å². The fourth-order valence-corrected chi connectivity index (χ4v) is 4.76. The summed E-state index contributed by atoms with van der Waals surface area (Å²) in [5.74, 6) is 1.68. The number of aromatic nitrogens is 1. The summed E-state index contributed by atoms with van der Waals surface area (Å²) in [5, 5.41) is 9.12. The Bertz CT molecular complexity index is 824. The lowest BCUT2D eigenvalue weighted by Gasteiger charge is -2.36. The SMILES string of the molecule is CN=C(NCCCCn1ccccc1=O)NCC(c1cccs1)N1CCC(C)CC1. The van der Waals surface area contributed by atoms with Crippen LogP contribution in [0.15, 0.2) is 51.7 Å². The lowest BCUT2D eigenvalue weighted by Crippen LogP contribution is -2.45. The number of likely N-dealkylation sites (tertiary alicyclic amines) is 1. The highest BCUT2D eigenvalue weighted by Gasteiger charge is 2.25. The molecule has 0 spiro atoms. The number of nitrogens with zero attached hydrogens (tertiary/aromatic N) is 3. The summed E-state index contributed by atoms with van der Waals surface area (Å²) < 4.78 is 1.76. The highest BCUT2D eigenvalue weighted by Crippen LogP contribution is 2.28. The Labute approximate surface area is 184 Å². The summed E-state index contributed by atoms with van der Waals surface area (Å²) >= 11 is 1.84. The number of guanidine groups is 1. The Balaban J connectivity index is 1.43. The third-order valence-electron chi connectivity index (χ3n) is 5.83. The minimum absolute atomic E-state index is 0.0645. The molecule has 1 aliphatic rings. The van der Waals surface area contributed by atoms with Gasteiger partial charge >= 0.3 is 0 Å². The molecule has 1 fully saturated rings. The molecule has 0 radical (unpaired) electrons. The molecule has 0 amide bonds. The van der Waals surface area contributed by atoms with Crippen molar-refractivity contribution in [2.45, 2.75) is 45.2 Å². The second kappa shape index (κ2) is 11.9. The van der Waals surface area contributed by atoms with Gasteiger partial charge in [0.05, 0.1) is 6.04 Å². The summed E-state index contributed by atoms with van der Waals surface area (Å²) in [7, 11) is 1.82. The highest BCUT2D eigenvalue weighted by molar-refractivity contribution is 7.10. The molecule has 164 valence electrons. The second-order valence-corrected chi connectivity index (χ2v) is 9.05. The monoisotopic (exact) mass is 429 g/mol. The van der Waals surface area contributed by atoms with Gasteiger partial charge in [0.25, 0.3) is 0 Å². The maximum absolute atomic E-state index is 11.7. The number of nitrogens with one attached hydrogen (secondary N) is 2. The Morgan fingerprint density at radius 2 is 2.03 bits per heavy atom. The molecule has 2 aromatic rings. The number of hydrogen-bond acceptors (Lipinski definition) is 4. The zero-order chi connectivity index (χ0) is 21.2. The van der Waals surface area contributed by atoms with Crippen molar-refractivity contribution in [3.8, 4) is 0 Å². The van der Waals surface area contributed by atoms with Crippen LogP contribution in [0.4, 0.5) is 0 Å². The van der Waals surface area contributed by atoms with Gasteiger partial charge in [0, 0.05) is 43.8 Å². The van der Waals surface area contributed by atoms with Crippen molar-refractivity contribution in [3.63, 3.8) is 0 Å². The molecule has 1 saturated heterocycles. The highest BCUT2D eigenvalue weighted by atomic mass is 32.1. The Kier molecular flexibility index (Phi) is 8.96. The Hall–Kier alpha value is -2.12. The smallest absolute Gasteiger partial charge is 0.250 e. The van der Waals surface area contributed by atoms with Gasteiger partial charge in [-0.25, -0.2) is 0 Å². The normalized spacial score (nSPS) is 17.1. The predicted octanol–water partition coefficient (Wildman–Crippen LogP) is 3.33. The number of aryl methyl sites for hydroxylation is 1. The molecule has 3 rings (SSSR count). The van der Waals surface area contributed by atoms with Crippen LogP contribution in [0.5, 0.6) is 0 Å². The predicted molar refractivity (Wildman–Crippen MR) is 126 cm³/mol. The number of pyridine rings is 1. The maximum Gasteiger partial charge on any atom is 0.250 e. The van der Waals surface area contributed by atoms with Gasteiger partial charge in [0.15, 0.2) is 5.96 Å². The van der Waals surface area contributed by atoms with Gasteiger partial charge < -0.3 is 15.2 Å². The molecule has 1 atom stereocenters. The first-order valence-corrected chi connectivity index (χ1v) is 11.9. The molecule has 6 nitrogen and oxygen atoms in total. The summed E-state index contributed by atoms with van der Waals surface area (Å²) in [4.78, 5) is 20.2. The van der Waals surface area contributed by atoms with Crippen molar-refractivity contribution in [1.82, 2.24) is 20.1 Å². The van der Waals surface area contributed by atoms with E-state index in [0.29, 0.717) is 6.04 Å². The van der Waals surface area contributed by atoms with Gasteiger partial charge in [0.2, 0.25) is 5.56 Å². The lowest BCUT2D eigenvalue weighted by atomic mass is 9.97. The van der Waals surface area contributed by atoms with E-state index in [9.17, 15) is 4.79 Å². The van der Waals surface area contributed by atoms with Crippen molar-refractivity contribution in [2.24, 2.45) is 10.9 Å². The van der Waals surface area contributed by atoms with Crippen molar-refractivity contribution < 1.29 is 0 Å². The molecule has 2 N–H and O–H groups in total. The van der Waals surface area contributed by atoms with E-state index in [2.05, 4.69) is 45.0 Å². The molecule has 1 unspecified atom stereocenters. The van der Waals surface area contributed by atoms with E-state index >= 15 is 0 Å². The van der Waals surface area contributed by atoms with Gasteiger partial charge in [-0.05, 0) is 62.2 Å². The van der Waals surface area contributed by atoms with Gasteiger partial charge in [-0.1, -0.05) is 19.1 Å². The van der Waals surface area contributed by atoms with E-state index in [1.165, 1.54) is 17.7 Å². The van der Waals surface area contributed by atoms with Gasteiger partial charge in [-0.15, -0.1) is 11.3 Å². The molecule has 1 aliphatic heterocycles. The largest absolute Gasteiger partial charge is 0.356 e. The molecule has 2 aromatic heterocycles. The minimum atomic E-state index is 0.0645.